The molecule has 0 bridgehead atoms. The first-order valence-corrected chi connectivity index (χ1v) is 6.55. The van der Waals surface area contributed by atoms with Crippen LogP contribution < -0.4 is 5.32 Å². The molecule has 3 rings (SSSR count). The number of aromatic amines is 1. The molecule has 104 valence electrons. The molecule has 0 spiro atoms. The molecule has 21 heavy (non-hydrogen) atoms. The highest BCUT2D eigenvalue weighted by atomic mass is 16.1. The van der Waals surface area contributed by atoms with Crippen molar-refractivity contribution in [2.24, 2.45) is 0 Å². The van der Waals surface area contributed by atoms with Crippen LogP contribution >= 0.6 is 0 Å². The van der Waals surface area contributed by atoms with Crippen molar-refractivity contribution >= 4 is 11.6 Å². The fraction of sp³-hybridized carbons (Fsp3) is 0.0625. The quantitative estimate of drug-likeness (QED) is 0.773. The molecule has 5 nitrogen and oxygen atoms in total. The van der Waals surface area contributed by atoms with E-state index in [1.165, 1.54) is 0 Å². The largest absolute Gasteiger partial charge is 0.322 e. The number of hydrogen-bond donors (Lipinski definition) is 2. The summed E-state index contributed by atoms with van der Waals surface area (Å²) >= 11 is 0. The van der Waals surface area contributed by atoms with Crippen molar-refractivity contribution in [2.45, 2.75) is 6.92 Å². The highest BCUT2D eigenvalue weighted by molar-refractivity contribution is 6.04. The Kier molecular flexibility index (Phi) is 3.47. The van der Waals surface area contributed by atoms with Gasteiger partial charge in [0.25, 0.3) is 5.91 Å². The molecule has 1 aromatic carbocycles. The number of anilines is 1. The number of carbonyl (C=O) groups excluding carboxylic acids is 1. The van der Waals surface area contributed by atoms with E-state index in [0.717, 1.165) is 22.4 Å². The molecular formula is C16H14N4O. The molecule has 2 heterocycles. The zero-order valence-electron chi connectivity index (χ0n) is 11.5. The number of amides is 1. The molecule has 0 atom stereocenters. The van der Waals surface area contributed by atoms with E-state index in [9.17, 15) is 4.79 Å². The molecule has 3 aromatic rings. The predicted octanol–water partition coefficient (Wildman–Crippen LogP) is 3.03. The lowest BCUT2D eigenvalue weighted by atomic mass is 10.1. The van der Waals surface area contributed by atoms with Gasteiger partial charge in [0.1, 0.15) is 0 Å². The monoisotopic (exact) mass is 278 g/mol. The molecule has 0 fully saturated rings. The van der Waals surface area contributed by atoms with Gasteiger partial charge in [0, 0.05) is 29.8 Å². The summed E-state index contributed by atoms with van der Waals surface area (Å²) < 4.78 is 0. The number of nitrogens with zero attached hydrogens (tertiary/aromatic N) is 2. The molecule has 1 amide bonds. The molecule has 0 unspecified atom stereocenters. The lowest BCUT2D eigenvalue weighted by molar-refractivity contribution is 0.102. The third kappa shape index (κ3) is 2.81. The second-order valence-electron chi connectivity index (χ2n) is 4.71. The van der Waals surface area contributed by atoms with Gasteiger partial charge in [-0.25, -0.2) is 0 Å². The molecule has 0 saturated carbocycles. The first-order valence-electron chi connectivity index (χ1n) is 6.55. The molecule has 2 N–H and O–H groups in total. The maximum Gasteiger partial charge on any atom is 0.257 e. The summed E-state index contributed by atoms with van der Waals surface area (Å²) in [5.41, 5.74) is 4.39. The van der Waals surface area contributed by atoms with Crippen LogP contribution in [0.1, 0.15) is 15.9 Å². The van der Waals surface area contributed by atoms with Crippen molar-refractivity contribution in [3.63, 3.8) is 0 Å². The minimum absolute atomic E-state index is 0.165. The van der Waals surface area contributed by atoms with Crippen molar-refractivity contribution in [3.05, 3.63) is 66.2 Å². The first-order chi connectivity index (χ1) is 10.2. The Morgan fingerprint density at radius 1 is 1.19 bits per heavy atom. The van der Waals surface area contributed by atoms with Gasteiger partial charge in [-0.05, 0) is 42.3 Å². The number of carbonyl (C=O) groups is 1. The normalized spacial score (nSPS) is 10.3. The van der Waals surface area contributed by atoms with Gasteiger partial charge in [0.05, 0.1) is 11.8 Å². The van der Waals surface area contributed by atoms with Crippen LogP contribution in [-0.4, -0.2) is 21.1 Å². The van der Waals surface area contributed by atoms with E-state index in [1.807, 2.05) is 31.3 Å². The van der Waals surface area contributed by atoms with E-state index >= 15 is 0 Å². The van der Waals surface area contributed by atoms with Gasteiger partial charge in [-0.3, -0.25) is 14.9 Å². The average molecular weight is 278 g/mol. The zero-order chi connectivity index (χ0) is 14.7. The van der Waals surface area contributed by atoms with Crippen molar-refractivity contribution < 1.29 is 4.79 Å². The van der Waals surface area contributed by atoms with E-state index in [0.29, 0.717) is 5.56 Å². The maximum atomic E-state index is 12.1. The second-order valence-corrected chi connectivity index (χ2v) is 4.71. The van der Waals surface area contributed by atoms with E-state index < -0.39 is 0 Å². The SMILES string of the molecule is Cc1cc(-c2cn[nH]c2)ccc1NC(=O)c1cccnc1. The van der Waals surface area contributed by atoms with Gasteiger partial charge in [0.15, 0.2) is 0 Å². The Morgan fingerprint density at radius 2 is 2.10 bits per heavy atom. The maximum absolute atomic E-state index is 12.1. The van der Waals surface area contributed by atoms with Gasteiger partial charge in [-0.15, -0.1) is 0 Å². The summed E-state index contributed by atoms with van der Waals surface area (Å²) in [7, 11) is 0. The van der Waals surface area contributed by atoms with Gasteiger partial charge in [-0.2, -0.15) is 5.10 Å². The summed E-state index contributed by atoms with van der Waals surface area (Å²) in [6.45, 7) is 1.96. The summed E-state index contributed by atoms with van der Waals surface area (Å²) in [5, 5.41) is 9.62. The van der Waals surface area contributed by atoms with Crippen LogP contribution in [0.4, 0.5) is 5.69 Å². The van der Waals surface area contributed by atoms with Crippen molar-refractivity contribution in [1.29, 1.82) is 0 Å². The van der Waals surface area contributed by atoms with Crippen LogP contribution in [0, 0.1) is 6.92 Å². The molecule has 5 heteroatoms. The fourth-order valence-corrected chi connectivity index (χ4v) is 2.08. The van der Waals surface area contributed by atoms with Gasteiger partial charge >= 0.3 is 0 Å². The number of benzene rings is 1. The summed E-state index contributed by atoms with van der Waals surface area (Å²) in [4.78, 5) is 16.1. The predicted molar refractivity (Wildman–Crippen MR) is 81.0 cm³/mol. The van der Waals surface area contributed by atoms with Crippen molar-refractivity contribution in [3.8, 4) is 11.1 Å². The van der Waals surface area contributed by atoms with E-state index in [-0.39, 0.29) is 5.91 Å². The number of H-pyrrole nitrogens is 1. The van der Waals surface area contributed by atoms with Crippen molar-refractivity contribution in [2.75, 3.05) is 5.32 Å². The smallest absolute Gasteiger partial charge is 0.257 e. The first kappa shape index (κ1) is 13.1. The lowest BCUT2D eigenvalue weighted by Gasteiger charge is -2.09. The third-order valence-electron chi connectivity index (χ3n) is 3.23. The zero-order valence-corrected chi connectivity index (χ0v) is 11.5. The number of hydrogen-bond acceptors (Lipinski definition) is 3. The van der Waals surface area contributed by atoms with Crippen LogP contribution in [0.3, 0.4) is 0 Å². The summed E-state index contributed by atoms with van der Waals surface area (Å²) in [5.74, 6) is -0.165. The molecule has 0 aliphatic carbocycles. The van der Waals surface area contributed by atoms with Crippen LogP contribution in [-0.2, 0) is 0 Å². The number of aryl methyl sites for hydroxylation is 1. The molecule has 2 aromatic heterocycles. The van der Waals surface area contributed by atoms with Crippen molar-refractivity contribution in [1.82, 2.24) is 15.2 Å². The molecular weight excluding hydrogens is 264 g/mol. The number of aromatic nitrogens is 3. The number of nitrogens with one attached hydrogen (secondary N) is 2. The van der Waals surface area contributed by atoms with Gasteiger partial charge in [0.2, 0.25) is 0 Å². The topological polar surface area (TPSA) is 70.7 Å². The average Bonchev–Trinajstić information content (AvgIpc) is 3.04. The third-order valence-corrected chi connectivity index (χ3v) is 3.23. The Bertz CT molecular complexity index is 751. The Morgan fingerprint density at radius 3 is 2.76 bits per heavy atom. The highest BCUT2D eigenvalue weighted by Crippen LogP contribution is 2.24. The highest BCUT2D eigenvalue weighted by Gasteiger charge is 2.08. The van der Waals surface area contributed by atoms with E-state index in [4.69, 9.17) is 0 Å². The van der Waals surface area contributed by atoms with E-state index in [1.54, 1.807) is 30.7 Å². The summed E-state index contributed by atoms with van der Waals surface area (Å²) in [6, 6.07) is 9.34. The Balaban J connectivity index is 1.82. The van der Waals surface area contributed by atoms with Gasteiger partial charge < -0.3 is 5.32 Å². The molecule has 0 saturated heterocycles. The van der Waals surface area contributed by atoms with Crippen LogP contribution in [0.2, 0.25) is 0 Å². The Labute approximate surface area is 122 Å². The van der Waals surface area contributed by atoms with Gasteiger partial charge in [-0.1, -0.05) is 6.07 Å². The number of pyridine rings is 1. The second kappa shape index (κ2) is 5.58. The van der Waals surface area contributed by atoms with E-state index in [2.05, 4.69) is 20.5 Å². The molecule has 0 aliphatic rings. The fourth-order valence-electron chi connectivity index (χ4n) is 2.08. The lowest BCUT2D eigenvalue weighted by Crippen LogP contribution is -2.12. The van der Waals surface area contributed by atoms with Crippen LogP contribution in [0.15, 0.2) is 55.1 Å². The number of rotatable bonds is 3. The minimum Gasteiger partial charge on any atom is -0.322 e. The molecule has 0 aliphatic heterocycles. The Hall–Kier alpha value is -2.95. The molecule has 0 radical (unpaired) electrons. The summed E-state index contributed by atoms with van der Waals surface area (Å²) in [6.07, 6.45) is 6.79. The van der Waals surface area contributed by atoms with Crippen LogP contribution in [0.25, 0.3) is 11.1 Å². The van der Waals surface area contributed by atoms with Crippen LogP contribution in [0.5, 0.6) is 0 Å². The standard InChI is InChI=1S/C16H14N4O/c1-11-7-12(14-9-18-19-10-14)4-5-15(11)20-16(21)13-3-2-6-17-8-13/h2-10H,1H3,(H,18,19)(H,20,21). The minimum atomic E-state index is -0.165.